The fraction of sp³-hybridized carbons (Fsp3) is 0.381. The molecule has 8 rings (SSSR count). The summed E-state index contributed by atoms with van der Waals surface area (Å²) in [7, 11) is 2.10. The third kappa shape index (κ3) is 6.90. The van der Waals surface area contributed by atoms with Gasteiger partial charge < -0.3 is 24.4 Å². The van der Waals surface area contributed by atoms with Gasteiger partial charge in [-0.1, -0.05) is 54.6 Å². The largest absolute Gasteiger partial charge is 0.451 e. The lowest BCUT2D eigenvalue weighted by Gasteiger charge is -2.29. The van der Waals surface area contributed by atoms with Crippen molar-refractivity contribution in [2.75, 3.05) is 44.9 Å². The third-order valence-electron chi connectivity index (χ3n) is 10.7. The van der Waals surface area contributed by atoms with Crippen LogP contribution in [0.1, 0.15) is 61.9 Å². The summed E-state index contributed by atoms with van der Waals surface area (Å²) in [5, 5.41) is 8.45. The van der Waals surface area contributed by atoms with Crippen LogP contribution in [0.5, 0.6) is 11.5 Å². The number of amides is 1. The summed E-state index contributed by atoms with van der Waals surface area (Å²) in [4.78, 5) is 43.1. The second-order valence-corrected chi connectivity index (χ2v) is 15.5. The van der Waals surface area contributed by atoms with Gasteiger partial charge in [-0.25, -0.2) is 14.2 Å². The van der Waals surface area contributed by atoms with Crippen LogP contribution in [0, 0.1) is 5.82 Å². The zero-order valence-corrected chi connectivity index (χ0v) is 30.7. The number of hydrogen-bond acceptors (Lipinski definition) is 8. The highest BCUT2D eigenvalue weighted by atomic mass is 19.1. The van der Waals surface area contributed by atoms with Crippen LogP contribution in [-0.2, 0) is 9.78 Å². The lowest BCUT2D eigenvalue weighted by Crippen LogP contribution is -2.38. The molecule has 2 saturated heterocycles. The van der Waals surface area contributed by atoms with Crippen molar-refractivity contribution in [2.24, 2.45) is 0 Å². The van der Waals surface area contributed by atoms with Crippen molar-refractivity contribution in [3.8, 4) is 17.2 Å². The zero-order valence-electron chi connectivity index (χ0n) is 30.7. The monoisotopic (exact) mass is 719 g/mol. The molecular formula is C42H46FN5O5. The SMILES string of the molecule is CN1CCCC1CCNC(=O)c1cn2c3c(c(N4C[C@@H](NCOOC(C)(C)C)[C@H](c5ccccc5)C4)c(F)cc3c1=O)Oc1cc3ccccc3cc1-2. The molecule has 1 aromatic heterocycles. The Labute approximate surface area is 308 Å². The predicted molar refractivity (Wildman–Crippen MR) is 205 cm³/mol. The molecule has 10 nitrogen and oxygen atoms in total. The highest BCUT2D eigenvalue weighted by molar-refractivity contribution is 6.02. The molecule has 0 saturated carbocycles. The molecule has 3 aliphatic heterocycles. The maximum absolute atomic E-state index is 16.8. The molecule has 0 bridgehead atoms. The normalized spacial score (nSPS) is 19.9. The van der Waals surface area contributed by atoms with E-state index in [1.54, 1.807) is 6.20 Å². The van der Waals surface area contributed by atoms with Crippen molar-refractivity contribution < 1.29 is 23.7 Å². The summed E-state index contributed by atoms with van der Waals surface area (Å²) in [6.45, 7) is 8.28. The number of pyridine rings is 1. The summed E-state index contributed by atoms with van der Waals surface area (Å²) >= 11 is 0. The predicted octanol–water partition coefficient (Wildman–Crippen LogP) is 6.87. The number of nitrogens with one attached hydrogen (secondary N) is 2. The lowest BCUT2D eigenvalue weighted by molar-refractivity contribution is -0.352. The number of nitrogens with zero attached hydrogens (tertiary/aromatic N) is 3. The van der Waals surface area contributed by atoms with Gasteiger partial charge in [0.05, 0.1) is 16.7 Å². The maximum atomic E-state index is 16.8. The number of carbonyl (C=O) groups is 1. The number of benzene rings is 4. The topological polar surface area (TPSA) is 97.3 Å². The highest BCUT2D eigenvalue weighted by Gasteiger charge is 2.39. The molecule has 0 radical (unpaired) electrons. The molecule has 4 heterocycles. The van der Waals surface area contributed by atoms with Crippen LogP contribution in [0.3, 0.4) is 0 Å². The number of halogens is 1. The molecule has 5 aromatic rings. The first-order chi connectivity index (χ1) is 25.6. The summed E-state index contributed by atoms with van der Waals surface area (Å²) in [6.07, 6.45) is 4.61. The van der Waals surface area contributed by atoms with Crippen molar-refractivity contribution >= 4 is 33.3 Å². The highest BCUT2D eigenvalue weighted by Crippen LogP contribution is 2.49. The molecule has 0 aliphatic carbocycles. The van der Waals surface area contributed by atoms with Gasteiger partial charge in [-0.05, 0) is 88.2 Å². The van der Waals surface area contributed by atoms with Gasteiger partial charge >= 0.3 is 0 Å². The summed E-state index contributed by atoms with van der Waals surface area (Å²) in [5.41, 5.74) is 1.41. The Balaban J connectivity index is 1.20. The Bertz CT molecular complexity index is 2240. The Morgan fingerprint density at radius 2 is 1.77 bits per heavy atom. The summed E-state index contributed by atoms with van der Waals surface area (Å²) < 4.78 is 25.3. The molecule has 3 atom stereocenters. The van der Waals surface area contributed by atoms with Crippen LogP contribution in [-0.4, -0.2) is 73.0 Å². The number of anilines is 1. The molecule has 4 aromatic carbocycles. The van der Waals surface area contributed by atoms with E-state index in [2.05, 4.69) is 34.7 Å². The Hall–Kier alpha value is -4.81. The lowest BCUT2D eigenvalue weighted by atomic mass is 9.94. The Morgan fingerprint density at radius 3 is 2.51 bits per heavy atom. The minimum Gasteiger partial charge on any atom is -0.451 e. The molecule has 53 heavy (non-hydrogen) atoms. The van der Waals surface area contributed by atoms with Crippen molar-refractivity contribution in [1.82, 2.24) is 20.1 Å². The third-order valence-corrected chi connectivity index (χ3v) is 10.7. The fourth-order valence-electron chi connectivity index (χ4n) is 8.12. The van der Waals surface area contributed by atoms with Gasteiger partial charge in [0.15, 0.2) is 17.3 Å². The quantitative estimate of drug-likeness (QED) is 0.0686. The van der Waals surface area contributed by atoms with Gasteiger partial charge in [0.25, 0.3) is 5.91 Å². The second-order valence-electron chi connectivity index (χ2n) is 15.5. The van der Waals surface area contributed by atoms with Crippen molar-refractivity contribution in [3.05, 3.63) is 106 Å². The molecule has 1 amide bonds. The van der Waals surface area contributed by atoms with Crippen LogP contribution in [0.4, 0.5) is 10.1 Å². The van der Waals surface area contributed by atoms with E-state index in [-0.39, 0.29) is 41.1 Å². The van der Waals surface area contributed by atoms with Gasteiger partial charge in [0.2, 0.25) is 5.43 Å². The summed E-state index contributed by atoms with van der Waals surface area (Å²) in [5.74, 6) is -0.338. The number of likely N-dealkylation sites (tertiary alicyclic amines) is 1. The number of ether oxygens (including phenoxy) is 1. The van der Waals surface area contributed by atoms with E-state index < -0.39 is 22.8 Å². The van der Waals surface area contributed by atoms with E-state index in [0.717, 1.165) is 42.1 Å². The second kappa shape index (κ2) is 14.2. The van der Waals surface area contributed by atoms with Crippen molar-refractivity contribution in [1.29, 1.82) is 0 Å². The molecule has 276 valence electrons. The van der Waals surface area contributed by atoms with E-state index in [9.17, 15) is 9.59 Å². The number of fused-ring (bicyclic) bond motifs is 3. The first-order valence-corrected chi connectivity index (χ1v) is 18.5. The van der Waals surface area contributed by atoms with Crippen LogP contribution in [0.25, 0.3) is 27.4 Å². The first kappa shape index (κ1) is 35.2. The zero-order chi connectivity index (χ0) is 36.9. The van der Waals surface area contributed by atoms with Crippen LogP contribution in [0.15, 0.2) is 83.8 Å². The molecule has 0 spiro atoms. The van der Waals surface area contributed by atoms with E-state index in [1.807, 2.05) is 84.8 Å². The number of rotatable bonds is 10. The van der Waals surface area contributed by atoms with E-state index in [0.29, 0.717) is 42.6 Å². The minimum atomic E-state index is -0.595. The molecule has 11 heteroatoms. The van der Waals surface area contributed by atoms with Crippen LogP contribution < -0.4 is 25.7 Å². The molecular weight excluding hydrogens is 673 g/mol. The van der Waals surface area contributed by atoms with Gasteiger partial charge in [-0.15, -0.1) is 0 Å². The fourth-order valence-corrected chi connectivity index (χ4v) is 8.12. The van der Waals surface area contributed by atoms with E-state index >= 15 is 4.39 Å². The summed E-state index contributed by atoms with van der Waals surface area (Å²) in [6, 6.07) is 23.5. The van der Waals surface area contributed by atoms with Gasteiger partial charge in [0.1, 0.15) is 23.5 Å². The molecule has 2 fully saturated rings. The Morgan fingerprint density at radius 1 is 1.02 bits per heavy atom. The van der Waals surface area contributed by atoms with Gasteiger partial charge in [0, 0.05) is 43.8 Å². The van der Waals surface area contributed by atoms with Crippen LogP contribution >= 0.6 is 0 Å². The smallest absolute Gasteiger partial charge is 0.256 e. The van der Waals surface area contributed by atoms with Crippen molar-refractivity contribution in [3.63, 3.8) is 0 Å². The van der Waals surface area contributed by atoms with E-state index in [4.69, 9.17) is 14.5 Å². The molecule has 2 N–H and O–H groups in total. The number of aromatic nitrogens is 1. The minimum absolute atomic E-state index is 0.0196. The van der Waals surface area contributed by atoms with Crippen molar-refractivity contribution in [2.45, 2.75) is 63.6 Å². The van der Waals surface area contributed by atoms with Gasteiger partial charge in [-0.3, -0.25) is 14.9 Å². The average molecular weight is 720 g/mol. The maximum Gasteiger partial charge on any atom is 0.256 e. The number of hydrogen-bond donors (Lipinski definition) is 2. The average Bonchev–Trinajstić information content (AvgIpc) is 3.75. The first-order valence-electron chi connectivity index (χ1n) is 18.5. The number of carbonyl (C=O) groups excluding carboxylic acids is 1. The standard InChI is InChI=1S/C42H46FN5O5/c1-42(2,3)53-51-25-45-34-24-47(22-31(34)26-11-6-5-7-12-26)38-33(43)21-30-37-40(38)52-36-20-28-14-9-8-13-27(28)19-35(36)48(37)23-32(39(30)49)41(50)44-17-16-29-15-10-18-46(29)4/h5-9,11-14,19-21,23,29,31,34,45H,10,15-18,22,24-25H2,1-4H3,(H,44,50)/t29?,31-,34+/m0/s1. The molecule has 3 aliphatic rings. The van der Waals surface area contributed by atoms with Gasteiger partial charge in [-0.2, -0.15) is 0 Å². The molecule has 1 unspecified atom stereocenters. The van der Waals surface area contributed by atoms with Crippen LogP contribution in [0.2, 0.25) is 0 Å². The van der Waals surface area contributed by atoms with E-state index in [1.165, 1.54) is 6.07 Å². The Kier molecular flexibility index (Phi) is 9.44.